The zero-order valence-corrected chi connectivity index (χ0v) is 10.4. The Morgan fingerprint density at radius 1 is 1.22 bits per heavy atom. The van der Waals surface area contributed by atoms with Crippen LogP contribution in [-0.2, 0) is 0 Å². The molecule has 0 atom stereocenters. The Kier molecular flexibility index (Phi) is 2.76. The number of amides is 1. The largest absolute Gasteiger partial charge is 0.335 e. The van der Waals surface area contributed by atoms with Crippen molar-refractivity contribution >= 4 is 11.6 Å². The summed E-state index contributed by atoms with van der Waals surface area (Å²) < 4.78 is 1.88. The van der Waals surface area contributed by atoms with Gasteiger partial charge in [-0.05, 0) is 19.2 Å². The lowest BCUT2D eigenvalue weighted by atomic mass is 10.3. The van der Waals surface area contributed by atoms with Crippen LogP contribution in [0, 0.1) is 0 Å². The van der Waals surface area contributed by atoms with E-state index < -0.39 is 0 Å². The van der Waals surface area contributed by atoms with Gasteiger partial charge in [0, 0.05) is 38.6 Å². The Morgan fingerprint density at radius 3 is 2.72 bits per heavy atom. The van der Waals surface area contributed by atoms with Gasteiger partial charge in [0.15, 0.2) is 0 Å². The third-order valence-corrected chi connectivity index (χ3v) is 3.37. The molecule has 1 amide bonds. The molecule has 0 unspecified atom stereocenters. The highest BCUT2D eigenvalue weighted by Crippen LogP contribution is 2.09. The molecule has 1 fully saturated rings. The van der Waals surface area contributed by atoms with Crippen LogP contribution in [0.25, 0.3) is 5.65 Å². The van der Waals surface area contributed by atoms with Crippen molar-refractivity contribution in [2.45, 2.75) is 0 Å². The molecule has 1 aliphatic heterocycles. The monoisotopic (exact) mass is 244 g/mol. The molecule has 0 aromatic carbocycles. The molecule has 0 saturated carbocycles. The van der Waals surface area contributed by atoms with Crippen molar-refractivity contribution in [2.75, 3.05) is 33.2 Å². The first-order chi connectivity index (χ1) is 8.74. The van der Waals surface area contributed by atoms with Crippen molar-refractivity contribution < 1.29 is 4.79 Å². The van der Waals surface area contributed by atoms with Gasteiger partial charge >= 0.3 is 0 Å². The summed E-state index contributed by atoms with van der Waals surface area (Å²) in [6.07, 6.45) is 3.71. The predicted octanol–water partition coefficient (Wildman–Crippen LogP) is 0.722. The van der Waals surface area contributed by atoms with Crippen LogP contribution in [-0.4, -0.2) is 58.3 Å². The summed E-state index contributed by atoms with van der Waals surface area (Å²) in [5, 5.41) is 0. The first-order valence-electron chi connectivity index (χ1n) is 6.15. The number of nitrogens with zero attached hydrogens (tertiary/aromatic N) is 4. The lowest BCUT2D eigenvalue weighted by Crippen LogP contribution is -2.47. The van der Waals surface area contributed by atoms with Gasteiger partial charge in [0.05, 0.1) is 0 Å². The van der Waals surface area contributed by atoms with Crippen LogP contribution < -0.4 is 0 Å². The standard InChI is InChI=1S/C13H16N4O/c1-15-6-8-16(9-7-15)13(18)11-10-17-5-3-2-4-12(17)14-11/h2-5,10H,6-9H2,1H3. The minimum Gasteiger partial charge on any atom is -0.335 e. The van der Waals surface area contributed by atoms with Crippen LogP contribution in [0.1, 0.15) is 10.5 Å². The van der Waals surface area contributed by atoms with Crippen LogP contribution in [0.5, 0.6) is 0 Å². The molecular formula is C13H16N4O. The summed E-state index contributed by atoms with van der Waals surface area (Å²) in [7, 11) is 2.08. The molecule has 2 aromatic heterocycles. The molecule has 0 bridgehead atoms. The summed E-state index contributed by atoms with van der Waals surface area (Å²) in [6, 6.07) is 5.76. The fourth-order valence-electron chi connectivity index (χ4n) is 2.21. The molecule has 3 heterocycles. The summed E-state index contributed by atoms with van der Waals surface area (Å²) in [6.45, 7) is 3.42. The van der Waals surface area contributed by atoms with Crippen LogP contribution in [0.2, 0.25) is 0 Å². The average molecular weight is 244 g/mol. The van der Waals surface area contributed by atoms with Gasteiger partial charge in [0.25, 0.3) is 5.91 Å². The second-order valence-corrected chi connectivity index (χ2v) is 4.69. The van der Waals surface area contributed by atoms with Gasteiger partial charge in [-0.1, -0.05) is 6.07 Å². The zero-order valence-electron chi connectivity index (χ0n) is 10.4. The Morgan fingerprint density at radius 2 is 2.00 bits per heavy atom. The van der Waals surface area contributed by atoms with E-state index in [-0.39, 0.29) is 5.91 Å². The Bertz CT molecular complexity index is 536. The topological polar surface area (TPSA) is 40.9 Å². The van der Waals surface area contributed by atoms with E-state index in [1.807, 2.05) is 33.7 Å². The first-order valence-corrected chi connectivity index (χ1v) is 6.15. The Labute approximate surface area is 106 Å². The van der Waals surface area contributed by atoms with E-state index in [1.165, 1.54) is 0 Å². The molecule has 1 aliphatic rings. The SMILES string of the molecule is CN1CCN(C(=O)c2cn3ccccc3n2)CC1. The molecule has 0 radical (unpaired) electrons. The number of pyridine rings is 1. The number of rotatable bonds is 1. The summed E-state index contributed by atoms with van der Waals surface area (Å²) in [4.78, 5) is 20.8. The molecule has 18 heavy (non-hydrogen) atoms. The van der Waals surface area contributed by atoms with E-state index in [0.29, 0.717) is 5.69 Å². The quantitative estimate of drug-likeness (QED) is 0.742. The van der Waals surface area contributed by atoms with Crippen molar-refractivity contribution in [3.05, 3.63) is 36.3 Å². The van der Waals surface area contributed by atoms with Gasteiger partial charge in [-0.15, -0.1) is 0 Å². The Hall–Kier alpha value is -1.88. The third kappa shape index (κ3) is 1.97. The van der Waals surface area contributed by atoms with Crippen molar-refractivity contribution in [1.82, 2.24) is 19.2 Å². The number of piperazine rings is 1. The third-order valence-electron chi connectivity index (χ3n) is 3.37. The van der Waals surface area contributed by atoms with Gasteiger partial charge in [0.2, 0.25) is 0 Å². The van der Waals surface area contributed by atoms with Crippen LogP contribution in [0.4, 0.5) is 0 Å². The van der Waals surface area contributed by atoms with Crippen molar-refractivity contribution in [1.29, 1.82) is 0 Å². The minimum absolute atomic E-state index is 0.0341. The van der Waals surface area contributed by atoms with Crippen LogP contribution in [0.3, 0.4) is 0 Å². The molecule has 5 nitrogen and oxygen atoms in total. The summed E-state index contributed by atoms with van der Waals surface area (Å²) in [5.41, 5.74) is 1.35. The molecule has 1 saturated heterocycles. The van der Waals surface area contributed by atoms with E-state index in [2.05, 4.69) is 16.9 Å². The number of hydrogen-bond acceptors (Lipinski definition) is 3. The molecule has 5 heteroatoms. The van der Waals surface area contributed by atoms with Crippen molar-refractivity contribution in [3.8, 4) is 0 Å². The van der Waals surface area contributed by atoms with Crippen molar-refractivity contribution in [2.24, 2.45) is 0 Å². The maximum Gasteiger partial charge on any atom is 0.274 e. The number of likely N-dealkylation sites (N-methyl/N-ethyl adjacent to an activating group) is 1. The first kappa shape index (κ1) is 11.2. The zero-order chi connectivity index (χ0) is 12.5. The van der Waals surface area contributed by atoms with E-state index >= 15 is 0 Å². The van der Waals surface area contributed by atoms with Crippen LogP contribution in [0.15, 0.2) is 30.6 Å². The highest BCUT2D eigenvalue weighted by Gasteiger charge is 2.22. The maximum atomic E-state index is 12.3. The number of hydrogen-bond donors (Lipinski definition) is 0. The number of imidazole rings is 1. The second-order valence-electron chi connectivity index (χ2n) is 4.69. The highest BCUT2D eigenvalue weighted by molar-refractivity contribution is 5.93. The van der Waals surface area contributed by atoms with Crippen LogP contribution >= 0.6 is 0 Å². The number of fused-ring (bicyclic) bond motifs is 1. The molecule has 0 N–H and O–H groups in total. The number of carbonyl (C=O) groups excluding carboxylic acids is 1. The molecule has 94 valence electrons. The average Bonchev–Trinajstić information content (AvgIpc) is 2.82. The molecule has 2 aromatic rings. The van der Waals surface area contributed by atoms with Crippen molar-refractivity contribution in [3.63, 3.8) is 0 Å². The normalized spacial score (nSPS) is 17.3. The lowest BCUT2D eigenvalue weighted by Gasteiger charge is -2.31. The maximum absolute atomic E-state index is 12.3. The van der Waals surface area contributed by atoms with Gasteiger partial charge in [0.1, 0.15) is 11.3 Å². The van der Waals surface area contributed by atoms with Gasteiger partial charge in [-0.2, -0.15) is 0 Å². The van der Waals surface area contributed by atoms with E-state index in [4.69, 9.17) is 0 Å². The molecule has 3 rings (SSSR count). The Balaban J connectivity index is 1.83. The minimum atomic E-state index is 0.0341. The molecular weight excluding hydrogens is 228 g/mol. The lowest BCUT2D eigenvalue weighted by molar-refractivity contribution is 0.0659. The van der Waals surface area contributed by atoms with Gasteiger partial charge in [-0.25, -0.2) is 4.98 Å². The van der Waals surface area contributed by atoms with E-state index in [9.17, 15) is 4.79 Å². The predicted molar refractivity (Wildman–Crippen MR) is 68.6 cm³/mol. The smallest absolute Gasteiger partial charge is 0.274 e. The molecule has 0 spiro atoms. The number of aromatic nitrogens is 2. The van der Waals surface area contributed by atoms with E-state index in [1.54, 1.807) is 6.20 Å². The fourth-order valence-corrected chi connectivity index (χ4v) is 2.21. The molecule has 0 aliphatic carbocycles. The van der Waals surface area contributed by atoms with Gasteiger partial charge in [-0.3, -0.25) is 4.79 Å². The summed E-state index contributed by atoms with van der Waals surface area (Å²) in [5.74, 6) is 0.0341. The second kappa shape index (κ2) is 4.42. The number of carbonyl (C=O) groups is 1. The van der Waals surface area contributed by atoms with Gasteiger partial charge < -0.3 is 14.2 Å². The highest BCUT2D eigenvalue weighted by atomic mass is 16.2. The fraction of sp³-hybridized carbons (Fsp3) is 0.385. The summed E-state index contributed by atoms with van der Waals surface area (Å²) >= 11 is 0. The van der Waals surface area contributed by atoms with E-state index in [0.717, 1.165) is 31.8 Å².